The number of alkyl halides is 1. The fourth-order valence-electron chi connectivity index (χ4n) is 0.799. The van der Waals surface area contributed by atoms with E-state index in [4.69, 9.17) is 11.6 Å². The van der Waals surface area contributed by atoms with Gasteiger partial charge in [0, 0.05) is 23.6 Å². The molecule has 0 saturated carbocycles. The van der Waals surface area contributed by atoms with Gasteiger partial charge in [0.2, 0.25) is 0 Å². The van der Waals surface area contributed by atoms with Crippen LogP contribution in [0, 0.1) is 0 Å². The van der Waals surface area contributed by atoms with E-state index < -0.39 is 0 Å². The Balaban J connectivity index is 2.66. The van der Waals surface area contributed by atoms with E-state index in [2.05, 4.69) is 24.2 Å². The predicted molar refractivity (Wildman–Crippen MR) is 50.6 cm³/mol. The number of halogens is 1. The maximum atomic E-state index is 5.59. The van der Waals surface area contributed by atoms with Crippen LogP contribution in [0.4, 0.5) is 0 Å². The number of thiazole rings is 1. The fraction of sp³-hybridized carbons (Fsp3) is 0.625. The Morgan fingerprint density at radius 2 is 2.36 bits per heavy atom. The molecule has 1 aromatic heterocycles. The average molecular weight is 190 g/mol. The highest BCUT2D eigenvalue weighted by Crippen LogP contribution is 2.19. The average Bonchev–Trinajstić information content (AvgIpc) is 2.37. The summed E-state index contributed by atoms with van der Waals surface area (Å²) in [6, 6.07) is 0. The van der Waals surface area contributed by atoms with Crippen LogP contribution in [-0.4, -0.2) is 10.9 Å². The van der Waals surface area contributed by atoms with Crippen molar-refractivity contribution in [3.63, 3.8) is 0 Å². The minimum absolute atomic E-state index is 0.545. The van der Waals surface area contributed by atoms with Crippen LogP contribution in [0.15, 0.2) is 5.38 Å². The van der Waals surface area contributed by atoms with E-state index in [1.807, 2.05) is 0 Å². The maximum absolute atomic E-state index is 5.59. The van der Waals surface area contributed by atoms with Gasteiger partial charge in [0.05, 0.1) is 10.7 Å². The first kappa shape index (κ1) is 9.01. The summed E-state index contributed by atoms with van der Waals surface area (Å²) in [5, 5.41) is 3.31. The first-order chi connectivity index (χ1) is 5.24. The van der Waals surface area contributed by atoms with Gasteiger partial charge in [0.25, 0.3) is 0 Å². The summed E-state index contributed by atoms with van der Waals surface area (Å²) >= 11 is 7.32. The van der Waals surface area contributed by atoms with Crippen LogP contribution in [0.25, 0.3) is 0 Å². The van der Waals surface area contributed by atoms with Crippen molar-refractivity contribution in [2.45, 2.75) is 26.2 Å². The van der Waals surface area contributed by atoms with Crippen molar-refractivity contribution in [3.8, 4) is 0 Å². The number of aromatic nitrogens is 1. The monoisotopic (exact) mass is 189 g/mol. The molecule has 0 aliphatic heterocycles. The van der Waals surface area contributed by atoms with E-state index >= 15 is 0 Å². The molecule has 0 atom stereocenters. The van der Waals surface area contributed by atoms with Crippen molar-refractivity contribution in [1.82, 2.24) is 4.98 Å². The molecule has 0 fully saturated rings. The van der Waals surface area contributed by atoms with Crippen LogP contribution in [0.3, 0.4) is 0 Å². The third-order valence-corrected chi connectivity index (χ3v) is 2.80. The minimum atomic E-state index is 0.545. The number of aryl methyl sites for hydroxylation is 1. The molecule has 0 amide bonds. The zero-order valence-electron chi connectivity index (χ0n) is 6.80. The molecule has 3 heteroatoms. The number of nitrogens with zero attached hydrogens (tertiary/aromatic N) is 1. The van der Waals surface area contributed by atoms with Gasteiger partial charge in [-0.05, 0) is 0 Å². The van der Waals surface area contributed by atoms with E-state index in [1.165, 1.54) is 5.01 Å². The first-order valence-electron chi connectivity index (χ1n) is 3.74. The van der Waals surface area contributed by atoms with Crippen LogP contribution in [-0.2, 0) is 6.42 Å². The minimum Gasteiger partial charge on any atom is -0.246 e. The van der Waals surface area contributed by atoms with Crippen molar-refractivity contribution in [3.05, 3.63) is 16.1 Å². The molecule has 0 unspecified atom stereocenters. The van der Waals surface area contributed by atoms with Crippen molar-refractivity contribution < 1.29 is 0 Å². The van der Waals surface area contributed by atoms with Gasteiger partial charge in [-0.15, -0.1) is 22.9 Å². The van der Waals surface area contributed by atoms with Crippen LogP contribution in [0.5, 0.6) is 0 Å². The lowest BCUT2D eigenvalue weighted by atomic mass is 10.2. The molecule has 1 rings (SSSR count). The molecule has 0 radical (unpaired) electrons. The van der Waals surface area contributed by atoms with E-state index in [9.17, 15) is 0 Å². The highest BCUT2D eigenvalue weighted by Gasteiger charge is 2.04. The summed E-state index contributed by atoms with van der Waals surface area (Å²) in [5.74, 6) is 1.21. The molecule has 0 N–H and O–H groups in total. The second-order valence-corrected chi connectivity index (χ2v) is 4.04. The Morgan fingerprint density at radius 3 is 2.82 bits per heavy atom. The summed E-state index contributed by atoms with van der Waals surface area (Å²) in [6.07, 6.45) is 0.894. The highest BCUT2D eigenvalue weighted by molar-refractivity contribution is 7.09. The van der Waals surface area contributed by atoms with Gasteiger partial charge in [0.1, 0.15) is 0 Å². The molecule has 0 spiro atoms. The maximum Gasteiger partial charge on any atom is 0.0953 e. The van der Waals surface area contributed by atoms with Crippen molar-refractivity contribution in [2.75, 3.05) is 5.88 Å². The molecular weight excluding hydrogens is 178 g/mol. The molecule has 0 saturated heterocycles. The van der Waals surface area contributed by atoms with Gasteiger partial charge in [-0.1, -0.05) is 13.8 Å². The van der Waals surface area contributed by atoms with Gasteiger partial charge < -0.3 is 0 Å². The van der Waals surface area contributed by atoms with E-state index in [1.54, 1.807) is 11.3 Å². The van der Waals surface area contributed by atoms with E-state index in [0.29, 0.717) is 11.8 Å². The predicted octanol–water partition coefficient (Wildman–Crippen LogP) is 3.05. The second-order valence-electron chi connectivity index (χ2n) is 2.77. The van der Waals surface area contributed by atoms with Gasteiger partial charge in [-0.2, -0.15) is 0 Å². The normalized spacial score (nSPS) is 10.9. The molecule has 1 aromatic rings. The molecule has 0 aliphatic carbocycles. The Kier molecular flexibility index (Phi) is 3.34. The van der Waals surface area contributed by atoms with Crippen LogP contribution >= 0.6 is 22.9 Å². The van der Waals surface area contributed by atoms with Gasteiger partial charge in [-0.3, -0.25) is 0 Å². The lowest BCUT2D eigenvalue weighted by Crippen LogP contribution is -1.89. The van der Waals surface area contributed by atoms with Gasteiger partial charge in [0.15, 0.2) is 0 Å². The van der Waals surface area contributed by atoms with Crippen molar-refractivity contribution >= 4 is 22.9 Å². The Morgan fingerprint density at radius 1 is 1.64 bits per heavy atom. The second kappa shape index (κ2) is 4.07. The van der Waals surface area contributed by atoms with E-state index in [-0.39, 0.29) is 0 Å². The van der Waals surface area contributed by atoms with Crippen LogP contribution in [0.2, 0.25) is 0 Å². The topological polar surface area (TPSA) is 12.9 Å². The largest absolute Gasteiger partial charge is 0.246 e. The summed E-state index contributed by atoms with van der Waals surface area (Å²) in [6.45, 7) is 4.31. The third kappa shape index (κ3) is 2.46. The Bertz CT molecular complexity index is 220. The van der Waals surface area contributed by atoms with Crippen LogP contribution in [0.1, 0.15) is 30.5 Å². The molecule has 0 bridgehead atoms. The van der Waals surface area contributed by atoms with Crippen molar-refractivity contribution in [1.29, 1.82) is 0 Å². The number of hydrogen-bond acceptors (Lipinski definition) is 2. The lowest BCUT2D eigenvalue weighted by Gasteiger charge is -1.95. The lowest BCUT2D eigenvalue weighted by molar-refractivity contribution is 0.840. The van der Waals surface area contributed by atoms with Crippen LogP contribution < -0.4 is 0 Å². The molecule has 0 aliphatic rings. The third-order valence-electron chi connectivity index (χ3n) is 1.41. The zero-order valence-corrected chi connectivity index (χ0v) is 8.37. The molecule has 11 heavy (non-hydrogen) atoms. The quantitative estimate of drug-likeness (QED) is 0.667. The van der Waals surface area contributed by atoms with E-state index in [0.717, 1.165) is 12.1 Å². The number of hydrogen-bond donors (Lipinski definition) is 0. The highest BCUT2D eigenvalue weighted by atomic mass is 35.5. The zero-order chi connectivity index (χ0) is 8.27. The molecule has 62 valence electrons. The molecular formula is C8H12ClNS. The summed E-state index contributed by atoms with van der Waals surface area (Å²) < 4.78 is 0. The summed E-state index contributed by atoms with van der Waals surface area (Å²) in [7, 11) is 0. The molecule has 0 aromatic carbocycles. The Hall–Kier alpha value is -0.0800. The molecule has 1 heterocycles. The first-order valence-corrected chi connectivity index (χ1v) is 5.15. The van der Waals surface area contributed by atoms with Gasteiger partial charge in [-0.25, -0.2) is 4.98 Å². The number of rotatable bonds is 3. The van der Waals surface area contributed by atoms with Crippen molar-refractivity contribution in [2.24, 2.45) is 0 Å². The SMILES string of the molecule is CC(C)c1nc(CCCl)cs1. The summed E-state index contributed by atoms with van der Waals surface area (Å²) in [5.41, 5.74) is 1.13. The smallest absolute Gasteiger partial charge is 0.0953 e. The molecule has 1 nitrogen and oxygen atoms in total. The Labute approximate surface area is 76.4 Å². The standard InChI is InChI=1S/C8H12ClNS/c1-6(2)8-10-7(3-4-9)5-11-8/h5-6H,3-4H2,1-2H3. The fourth-order valence-corrected chi connectivity index (χ4v) is 1.86. The summed E-state index contributed by atoms with van der Waals surface area (Å²) in [4.78, 5) is 4.43. The van der Waals surface area contributed by atoms with Gasteiger partial charge >= 0.3 is 0 Å².